The highest BCUT2D eigenvalue weighted by Crippen LogP contribution is 2.33. The van der Waals surface area contributed by atoms with E-state index in [1.807, 2.05) is 19.1 Å². The fourth-order valence-corrected chi connectivity index (χ4v) is 4.00. The van der Waals surface area contributed by atoms with Crippen LogP contribution in [0.25, 0.3) is 0 Å². The summed E-state index contributed by atoms with van der Waals surface area (Å²) >= 11 is 0. The molecule has 2 rings (SSSR count). The zero-order chi connectivity index (χ0) is 14.2. The molecule has 2 atom stereocenters. The van der Waals surface area contributed by atoms with Crippen molar-refractivity contribution in [3.05, 3.63) is 29.8 Å². The van der Waals surface area contributed by atoms with Gasteiger partial charge in [0, 0.05) is 6.04 Å². The second-order valence-corrected chi connectivity index (χ2v) is 6.97. The van der Waals surface area contributed by atoms with E-state index in [1.165, 1.54) is 11.2 Å². The monoisotopic (exact) mass is 283 g/mol. The van der Waals surface area contributed by atoms with Gasteiger partial charge < -0.3 is 5.11 Å². The first-order valence-electron chi connectivity index (χ1n) is 6.19. The number of hydrogen-bond donors (Lipinski definition) is 1. The van der Waals surface area contributed by atoms with Crippen LogP contribution >= 0.6 is 0 Å². The summed E-state index contributed by atoms with van der Waals surface area (Å²) in [5.74, 6) is -1.32. The van der Waals surface area contributed by atoms with Crippen molar-refractivity contribution < 1.29 is 18.3 Å². The number of aryl methyl sites for hydroxylation is 1. The maximum absolute atomic E-state index is 12.4. The number of fused-ring (bicyclic) bond motifs is 1. The Kier molecular flexibility index (Phi) is 3.54. The smallest absolute Gasteiger partial charge is 0.323 e. The molecule has 19 heavy (non-hydrogen) atoms. The molecule has 1 N–H and O–H groups in total. The molecule has 0 amide bonds. The predicted octanol–water partition coefficient (Wildman–Crippen LogP) is 1.63. The van der Waals surface area contributed by atoms with E-state index in [0.717, 1.165) is 12.0 Å². The van der Waals surface area contributed by atoms with Crippen LogP contribution in [-0.2, 0) is 21.2 Å². The molecule has 1 aliphatic rings. The van der Waals surface area contributed by atoms with Crippen molar-refractivity contribution in [2.75, 3.05) is 4.31 Å². The van der Waals surface area contributed by atoms with Crippen LogP contribution in [0.5, 0.6) is 0 Å². The molecule has 1 aromatic carbocycles. The lowest BCUT2D eigenvalue weighted by atomic mass is 9.99. The van der Waals surface area contributed by atoms with Gasteiger partial charge >= 0.3 is 5.97 Å². The van der Waals surface area contributed by atoms with Gasteiger partial charge in [0.15, 0.2) is 5.25 Å². The number of anilines is 1. The molecule has 0 aromatic heterocycles. The van der Waals surface area contributed by atoms with Gasteiger partial charge in [-0.3, -0.25) is 9.10 Å². The number of para-hydroxylation sites is 1. The third kappa shape index (κ3) is 2.32. The number of benzene rings is 1. The summed E-state index contributed by atoms with van der Waals surface area (Å²) in [4.78, 5) is 11.0. The van der Waals surface area contributed by atoms with E-state index in [4.69, 9.17) is 5.11 Å². The van der Waals surface area contributed by atoms with Gasteiger partial charge in [0.05, 0.1) is 5.69 Å². The molecule has 0 saturated heterocycles. The van der Waals surface area contributed by atoms with E-state index >= 15 is 0 Å². The minimum atomic E-state index is -3.89. The molecule has 0 radical (unpaired) electrons. The third-order valence-electron chi connectivity index (χ3n) is 3.53. The van der Waals surface area contributed by atoms with E-state index in [0.29, 0.717) is 12.1 Å². The largest absolute Gasteiger partial charge is 0.480 e. The Labute approximate surface area is 112 Å². The molecular formula is C13H17NO4S. The first-order chi connectivity index (χ1) is 8.85. The highest BCUT2D eigenvalue weighted by molar-refractivity contribution is 7.94. The van der Waals surface area contributed by atoms with Gasteiger partial charge in [-0.05, 0) is 38.3 Å². The molecule has 0 spiro atoms. The maximum Gasteiger partial charge on any atom is 0.323 e. The van der Waals surface area contributed by atoms with Gasteiger partial charge in [-0.1, -0.05) is 18.2 Å². The Morgan fingerprint density at radius 1 is 1.42 bits per heavy atom. The van der Waals surface area contributed by atoms with Crippen LogP contribution in [0.2, 0.25) is 0 Å². The van der Waals surface area contributed by atoms with Crippen molar-refractivity contribution in [3.8, 4) is 0 Å². The Morgan fingerprint density at radius 3 is 2.68 bits per heavy atom. The topological polar surface area (TPSA) is 74.7 Å². The summed E-state index contributed by atoms with van der Waals surface area (Å²) < 4.78 is 26.2. The molecule has 0 fully saturated rings. The zero-order valence-electron chi connectivity index (χ0n) is 10.9. The molecule has 5 nitrogen and oxygen atoms in total. The van der Waals surface area contributed by atoms with Crippen molar-refractivity contribution in [2.45, 2.75) is 38.0 Å². The van der Waals surface area contributed by atoms with Crippen LogP contribution in [0, 0.1) is 0 Å². The SMILES string of the molecule is CC1CCc2ccccc2N1S(=O)(=O)C(C)C(=O)O. The molecule has 1 aromatic rings. The standard InChI is InChI=1S/C13H17NO4S/c1-9-7-8-11-5-3-4-6-12(11)14(9)19(17,18)10(2)13(15)16/h3-6,9-10H,7-8H2,1-2H3,(H,15,16). The van der Waals surface area contributed by atoms with Crippen molar-refractivity contribution >= 4 is 21.7 Å². The first-order valence-corrected chi connectivity index (χ1v) is 7.70. The van der Waals surface area contributed by atoms with Gasteiger partial charge in [-0.15, -0.1) is 0 Å². The number of carboxylic acids is 1. The first kappa shape index (κ1) is 13.9. The Hall–Kier alpha value is -1.56. The summed E-state index contributed by atoms with van der Waals surface area (Å²) in [7, 11) is -3.89. The molecule has 0 bridgehead atoms. The lowest BCUT2D eigenvalue weighted by molar-refractivity contribution is -0.136. The van der Waals surface area contributed by atoms with Crippen molar-refractivity contribution in [3.63, 3.8) is 0 Å². The van der Waals surface area contributed by atoms with Gasteiger partial charge in [0.25, 0.3) is 0 Å². The van der Waals surface area contributed by atoms with Crippen LogP contribution in [0.3, 0.4) is 0 Å². The summed E-state index contributed by atoms with van der Waals surface area (Å²) in [5, 5.41) is 7.53. The quantitative estimate of drug-likeness (QED) is 0.915. The number of hydrogen-bond acceptors (Lipinski definition) is 3. The van der Waals surface area contributed by atoms with E-state index in [1.54, 1.807) is 12.1 Å². The fraction of sp³-hybridized carbons (Fsp3) is 0.462. The minimum Gasteiger partial charge on any atom is -0.480 e. The van der Waals surface area contributed by atoms with E-state index in [2.05, 4.69) is 0 Å². The second kappa shape index (κ2) is 4.85. The molecule has 0 saturated carbocycles. The van der Waals surface area contributed by atoms with Gasteiger partial charge in [0.1, 0.15) is 0 Å². The molecule has 104 valence electrons. The van der Waals surface area contributed by atoms with E-state index in [-0.39, 0.29) is 6.04 Å². The van der Waals surface area contributed by atoms with Crippen LogP contribution < -0.4 is 4.31 Å². The van der Waals surface area contributed by atoms with Crippen molar-refractivity contribution in [2.24, 2.45) is 0 Å². The van der Waals surface area contributed by atoms with Crippen LogP contribution in [0.4, 0.5) is 5.69 Å². The average molecular weight is 283 g/mol. The van der Waals surface area contributed by atoms with E-state index < -0.39 is 21.2 Å². The number of carboxylic acid groups (broad SMARTS) is 1. The van der Waals surface area contributed by atoms with Crippen LogP contribution in [-0.4, -0.2) is 30.8 Å². The lowest BCUT2D eigenvalue weighted by Gasteiger charge is -2.36. The van der Waals surface area contributed by atoms with Crippen molar-refractivity contribution in [1.82, 2.24) is 0 Å². The van der Waals surface area contributed by atoms with Gasteiger partial charge in [0.2, 0.25) is 10.0 Å². The molecule has 2 unspecified atom stereocenters. The zero-order valence-corrected chi connectivity index (χ0v) is 11.7. The maximum atomic E-state index is 12.4. The van der Waals surface area contributed by atoms with Gasteiger partial charge in [-0.25, -0.2) is 8.42 Å². The molecule has 6 heteroatoms. The molecular weight excluding hydrogens is 266 g/mol. The number of rotatable bonds is 3. The van der Waals surface area contributed by atoms with Gasteiger partial charge in [-0.2, -0.15) is 0 Å². The highest BCUT2D eigenvalue weighted by atomic mass is 32.2. The minimum absolute atomic E-state index is 0.221. The fourth-order valence-electron chi connectivity index (χ4n) is 2.34. The summed E-state index contributed by atoms with van der Waals surface area (Å²) in [6.07, 6.45) is 1.51. The van der Waals surface area contributed by atoms with E-state index in [9.17, 15) is 13.2 Å². The summed E-state index contributed by atoms with van der Waals surface area (Å²) in [6, 6.07) is 7.03. The summed E-state index contributed by atoms with van der Waals surface area (Å²) in [6.45, 7) is 3.02. The summed E-state index contributed by atoms with van der Waals surface area (Å²) in [5.41, 5.74) is 1.55. The Morgan fingerprint density at radius 2 is 2.05 bits per heavy atom. The Balaban J connectivity index is 2.53. The number of aliphatic carboxylic acids is 1. The molecule has 1 heterocycles. The molecule has 0 aliphatic carbocycles. The highest BCUT2D eigenvalue weighted by Gasteiger charge is 2.39. The Bertz CT molecular complexity index is 596. The average Bonchev–Trinajstić information content (AvgIpc) is 2.37. The lowest BCUT2D eigenvalue weighted by Crippen LogP contribution is -2.48. The number of sulfonamides is 1. The number of carbonyl (C=O) groups is 1. The van der Waals surface area contributed by atoms with Crippen molar-refractivity contribution in [1.29, 1.82) is 0 Å². The molecule has 1 aliphatic heterocycles. The normalized spacial score (nSPS) is 20.7. The van der Waals surface area contributed by atoms with Crippen LogP contribution in [0.1, 0.15) is 25.8 Å². The second-order valence-electron chi connectivity index (χ2n) is 4.84. The number of nitrogens with zero attached hydrogens (tertiary/aromatic N) is 1. The predicted molar refractivity (Wildman–Crippen MR) is 72.7 cm³/mol. The van der Waals surface area contributed by atoms with Crippen LogP contribution in [0.15, 0.2) is 24.3 Å². The third-order valence-corrected chi connectivity index (χ3v) is 5.73.